The molecule has 0 aromatic carbocycles. The fraction of sp³-hybridized carbons (Fsp3) is 0.417. The van der Waals surface area contributed by atoms with Gasteiger partial charge in [-0.3, -0.25) is 4.79 Å². The third-order valence-electron chi connectivity index (χ3n) is 3.05. The third kappa shape index (κ3) is 2.80. The van der Waals surface area contributed by atoms with Gasteiger partial charge in [0.1, 0.15) is 12.7 Å². The summed E-state index contributed by atoms with van der Waals surface area (Å²) < 4.78 is 6.91. The molecule has 0 aliphatic carbocycles. The topological polar surface area (TPSA) is 94.8 Å². The van der Waals surface area contributed by atoms with Crippen LogP contribution in [0.25, 0.3) is 5.82 Å². The van der Waals surface area contributed by atoms with Crippen LogP contribution in [0.1, 0.15) is 23.3 Å². The van der Waals surface area contributed by atoms with Crippen LogP contribution in [0.5, 0.6) is 0 Å². The summed E-state index contributed by atoms with van der Waals surface area (Å²) in [5.74, 6) is 0.260. The Labute approximate surface area is 115 Å². The van der Waals surface area contributed by atoms with E-state index in [0.29, 0.717) is 12.4 Å². The third-order valence-corrected chi connectivity index (χ3v) is 3.05. The van der Waals surface area contributed by atoms with E-state index in [9.17, 15) is 4.79 Å². The number of ether oxygens (including phenoxy) is 1. The molecule has 8 nitrogen and oxygen atoms in total. The smallest absolute Gasteiger partial charge is 0.271 e. The van der Waals surface area contributed by atoms with Gasteiger partial charge >= 0.3 is 0 Å². The van der Waals surface area contributed by atoms with Crippen molar-refractivity contribution in [2.75, 3.05) is 13.2 Å². The van der Waals surface area contributed by atoms with E-state index < -0.39 is 0 Å². The number of rotatable bonds is 4. The average Bonchev–Trinajstić information content (AvgIpc) is 3.18. The highest BCUT2D eigenvalue weighted by atomic mass is 16.5. The quantitative estimate of drug-likeness (QED) is 0.841. The number of hydrogen-bond donors (Lipinski definition) is 1. The molecule has 1 unspecified atom stereocenters. The normalized spacial score (nSPS) is 18.1. The molecule has 0 bridgehead atoms. The summed E-state index contributed by atoms with van der Waals surface area (Å²) in [6, 6.07) is 3.28. The van der Waals surface area contributed by atoms with Gasteiger partial charge in [-0.25, -0.2) is 9.67 Å². The molecule has 2 aromatic rings. The highest BCUT2D eigenvalue weighted by Crippen LogP contribution is 2.10. The first-order valence-electron chi connectivity index (χ1n) is 6.41. The van der Waals surface area contributed by atoms with Crippen molar-refractivity contribution in [2.24, 2.45) is 0 Å². The molecule has 0 spiro atoms. The molecule has 1 aliphatic rings. The van der Waals surface area contributed by atoms with Crippen LogP contribution in [0.2, 0.25) is 0 Å². The van der Waals surface area contributed by atoms with Crippen LogP contribution in [0.3, 0.4) is 0 Å². The Morgan fingerprint density at radius 2 is 2.40 bits per heavy atom. The Balaban J connectivity index is 1.60. The monoisotopic (exact) mass is 274 g/mol. The molecule has 1 N–H and O–H groups in total. The van der Waals surface area contributed by atoms with Crippen molar-refractivity contribution in [2.45, 2.75) is 18.9 Å². The second-order valence-electron chi connectivity index (χ2n) is 4.46. The van der Waals surface area contributed by atoms with Gasteiger partial charge in [-0.1, -0.05) is 0 Å². The Kier molecular flexibility index (Phi) is 3.64. The van der Waals surface area contributed by atoms with Crippen LogP contribution in [-0.4, -0.2) is 50.1 Å². The van der Waals surface area contributed by atoms with Gasteiger partial charge < -0.3 is 10.1 Å². The number of hydrogen-bond acceptors (Lipinski definition) is 6. The van der Waals surface area contributed by atoms with Crippen molar-refractivity contribution in [3.05, 3.63) is 30.5 Å². The lowest BCUT2D eigenvalue weighted by Gasteiger charge is -2.10. The maximum Gasteiger partial charge on any atom is 0.271 e. The van der Waals surface area contributed by atoms with Gasteiger partial charge in [0.2, 0.25) is 0 Å². The van der Waals surface area contributed by atoms with E-state index in [1.807, 2.05) is 0 Å². The zero-order chi connectivity index (χ0) is 13.8. The van der Waals surface area contributed by atoms with Crippen LogP contribution in [0.15, 0.2) is 24.8 Å². The highest BCUT2D eigenvalue weighted by molar-refractivity contribution is 5.92. The first kappa shape index (κ1) is 12.7. The fourth-order valence-corrected chi connectivity index (χ4v) is 2.00. The van der Waals surface area contributed by atoms with Gasteiger partial charge in [-0.2, -0.15) is 5.10 Å². The molecular weight excluding hydrogens is 260 g/mol. The van der Waals surface area contributed by atoms with E-state index in [-0.39, 0.29) is 17.7 Å². The molecule has 0 saturated carbocycles. The van der Waals surface area contributed by atoms with E-state index in [1.54, 1.807) is 12.1 Å². The van der Waals surface area contributed by atoms with Gasteiger partial charge in [0.05, 0.1) is 6.10 Å². The standard InChI is InChI=1S/C12H14N6O2/c19-12(14-6-9-2-1-5-20-9)10-3-4-11(17-16-10)18-8-13-7-15-18/h3-4,7-9H,1-2,5-6H2,(H,14,19). The molecule has 3 rings (SSSR count). The molecule has 1 fully saturated rings. The predicted molar refractivity (Wildman–Crippen MR) is 68.3 cm³/mol. The molecule has 20 heavy (non-hydrogen) atoms. The summed E-state index contributed by atoms with van der Waals surface area (Å²) in [5.41, 5.74) is 0.270. The molecule has 1 amide bonds. The lowest BCUT2D eigenvalue weighted by molar-refractivity contribution is 0.0853. The largest absolute Gasteiger partial charge is 0.376 e. The Bertz CT molecular complexity index is 562. The van der Waals surface area contributed by atoms with Gasteiger partial charge in [-0.05, 0) is 25.0 Å². The van der Waals surface area contributed by atoms with Crippen molar-refractivity contribution in [1.29, 1.82) is 0 Å². The van der Waals surface area contributed by atoms with Gasteiger partial charge in [0.15, 0.2) is 11.5 Å². The summed E-state index contributed by atoms with van der Waals surface area (Å²) in [6.45, 7) is 1.28. The van der Waals surface area contributed by atoms with Gasteiger partial charge in [-0.15, -0.1) is 10.2 Å². The summed E-state index contributed by atoms with van der Waals surface area (Å²) in [7, 11) is 0. The first-order valence-corrected chi connectivity index (χ1v) is 6.41. The van der Waals surface area contributed by atoms with Crippen molar-refractivity contribution >= 4 is 5.91 Å². The van der Waals surface area contributed by atoms with Gasteiger partial charge in [0, 0.05) is 13.2 Å². The molecule has 3 heterocycles. The first-order chi connectivity index (χ1) is 9.83. The minimum atomic E-state index is -0.252. The number of carbonyl (C=O) groups excluding carboxylic acids is 1. The van der Waals surface area contributed by atoms with Crippen LogP contribution in [0, 0.1) is 0 Å². The van der Waals surface area contributed by atoms with Crippen LogP contribution < -0.4 is 5.32 Å². The Morgan fingerprint density at radius 3 is 3.05 bits per heavy atom. The molecular formula is C12H14N6O2. The fourth-order valence-electron chi connectivity index (χ4n) is 2.00. The van der Waals surface area contributed by atoms with Crippen LogP contribution in [-0.2, 0) is 4.74 Å². The SMILES string of the molecule is O=C(NCC1CCCO1)c1ccc(-n2cncn2)nn1. The van der Waals surface area contributed by atoms with Crippen molar-refractivity contribution in [3.63, 3.8) is 0 Å². The molecule has 1 atom stereocenters. The molecule has 8 heteroatoms. The number of nitrogens with zero attached hydrogens (tertiary/aromatic N) is 5. The van der Waals surface area contributed by atoms with E-state index in [0.717, 1.165) is 19.4 Å². The van der Waals surface area contributed by atoms with Crippen molar-refractivity contribution < 1.29 is 9.53 Å². The summed E-state index contributed by atoms with van der Waals surface area (Å²) in [5, 5.41) is 14.6. The van der Waals surface area contributed by atoms with E-state index in [1.165, 1.54) is 17.3 Å². The summed E-state index contributed by atoms with van der Waals surface area (Å²) >= 11 is 0. The number of carbonyl (C=O) groups is 1. The highest BCUT2D eigenvalue weighted by Gasteiger charge is 2.17. The molecule has 1 saturated heterocycles. The second kappa shape index (κ2) is 5.74. The lowest BCUT2D eigenvalue weighted by Crippen LogP contribution is -2.32. The molecule has 0 radical (unpaired) electrons. The maximum atomic E-state index is 11.9. The van der Waals surface area contributed by atoms with Crippen LogP contribution in [0.4, 0.5) is 0 Å². The molecule has 1 aliphatic heterocycles. The number of nitrogens with one attached hydrogen (secondary N) is 1. The maximum absolute atomic E-state index is 11.9. The van der Waals surface area contributed by atoms with E-state index in [4.69, 9.17) is 4.74 Å². The summed E-state index contributed by atoms with van der Waals surface area (Å²) in [6.07, 6.45) is 5.07. The lowest BCUT2D eigenvalue weighted by atomic mass is 10.2. The van der Waals surface area contributed by atoms with E-state index >= 15 is 0 Å². The zero-order valence-corrected chi connectivity index (χ0v) is 10.8. The number of amides is 1. The van der Waals surface area contributed by atoms with Crippen molar-refractivity contribution in [1.82, 2.24) is 30.3 Å². The average molecular weight is 274 g/mol. The van der Waals surface area contributed by atoms with E-state index in [2.05, 4.69) is 25.6 Å². The van der Waals surface area contributed by atoms with Crippen LogP contribution >= 0.6 is 0 Å². The minimum absolute atomic E-state index is 0.112. The predicted octanol–water partition coefficient (Wildman–Crippen LogP) is -0.0339. The van der Waals surface area contributed by atoms with Crippen molar-refractivity contribution in [3.8, 4) is 5.82 Å². The zero-order valence-electron chi connectivity index (χ0n) is 10.8. The molecule has 104 valence electrons. The summed E-state index contributed by atoms with van der Waals surface area (Å²) in [4.78, 5) is 15.7. The Hall–Kier alpha value is -2.35. The molecule has 2 aromatic heterocycles. The van der Waals surface area contributed by atoms with Gasteiger partial charge in [0.25, 0.3) is 5.91 Å². The number of aromatic nitrogens is 5. The minimum Gasteiger partial charge on any atom is -0.376 e. The second-order valence-corrected chi connectivity index (χ2v) is 4.46. The Morgan fingerprint density at radius 1 is 1.45 bits per heavy atom.